The van der Waals surface area contributed by atoms with Gasteiger partial charge in [-0.2, -0.15) is 0 Å². The topological polar surface area (TPSA) is 38.3 Å². The number of rotatable bonds is 6. The van der Waals surface area contributed by atoms with E-state index in [0.717, 1.165) is 23.5 Å². The third-order valence-electron chi connectivity index (χ3n) is 3.22. The molecule has 1 N–H and O–H groups in total. The van der Waals surface area contributed by atoms with Crippen LogP contribution in [0, 0.1) is 0 Å². The van der Waals surface area contributed by atoms with E-state index in [2.05, 4.69) is 5.32 Å². The molecule has 1 amide bonds. The molecule has 104 valence electrons. The van der Waals surface area contributed by atoms with Gasteiger partial charge >= 0.3 is 0 Å². The van der Waals surface area contributed by atoms with Crippen LogP contribution in [0.2, 0.25) is 0 Å². The number of hydrogen-bond donors (Lipinski definition) is 1. The normalized spacial score (nSPS) is 15.4. The molecule has 0 bridgehead atoms. The highest BCUT2D eigenvalue weighted by Crippen LogP contribution is 2.22. The summed E-state index contributed by atoms with van der Waals surface area (Å²) >= 11 is 1.57. The molecule has 0 heterocycles. The molecule has 1 fully saturated rings. The highest BCUT2D eigenvalue weighted by Gasteiger charge is 2.16. The van der Waals surface area contributed by atoms with Gasteiger partial charge in [-0.15, -0.1) is 11.8 Å². The van der Waals surface area contributed by atoms with Crippen molar-refractivity contribution in [1.82, 2.24) is 5.32 Å². The second-order valence-electron chi connectivity index (χ2n) is 4.74. The highest BCUT2D eigenvalue weighted by molar-refractivity contribution is 8.00. The van der Waals surface area contributed by atoms with Crippen molar-refractivity contribution >= 4 is 17.7 Å². The van der Waals surface area contributed by atoms with Crippen LogP contribution in [0.1, 0.15) is 32.6 Å². The molecular formula is C15H21NO2S. The van der Waals surface area contributed by atoms with E-state index in [0.29, 0.717) is 18.4 Å². The molecule has 1 aliphatic rings. The summed E-state index contributed by atoms with van der Waals surface area (Å²) in [7, 11) is 0. The van der Waals surface area contributed by atoms with Crippen molar-refractivity contribution in [1.29, 1.82) is 0 Å². The molecule has 4 heteroatoms. The Labute approximate surface area is 119 Å². The van der Waals surface area contributed by atoms with Crippen molar-refractivity contribution < 1.29 is 9.53 Å². The molecule has 0 spiro atoms. The van der Waals surface area contributed by atoms with Crippen molar-refractivity contribution in [2.24, 2.45) is 0 Å². The number of carbonyl (C=O) groups excluding carboxylic acids is 1. The molecular weight excluding hydrogens is 258 g/mol. The molecule has 1 aromatic carbocycles. The molecule has 1 aliphatic carbocycles. The molecule has 0 aliphatic heterocycles. The Bertz CT molecular complexity index is 399. The van der Waals surface area contributed by atoms with Crippen LogP contribution in [-0.4, -0.2) is 24.3 Å². The van der Waals surface area contributed by atoms with Crippen molar-refractivity contribution in [2.45, 2.75) is 43.5 Å². The second-order valence-corrected chi connectivity index (χ2v) is 5.79. The minimum absolute atomic E-state index is 0.144. The summed E-state index contributed by atoms with van der Waals surface area (Å²) < 4.78 is 5.39. The van der Waals surface area contributed by atoms with Gasteiger partial charge in [0.25, 0.3) is 0 Å². The standard InChI is InChI=1S/C15H21NO2S/c1-2-18-13-7-9-14(10-8-13)19-11-15(17)16-12-5-3-4-6-12/h7-10,12H,2-6,11H2,1H3,(H,16,17). The van der Waals surface area contributed by atoms with Gasteiger partial charge in [-0.3, -0.25) is 4.79 Å². The summed E-state index contributed by atoms with van der Waals surface area (Å²) in [5.74, 6) is 1.51. The summed E-state index contributed by atoms with van der Waals surface area (Å²) in [6.45, 7) is 2.65. The van der Waals surface area contributed by atoms with Gasteiger partial charge in [0.2, 0.25) is 5.91 Å². The number of amides is 1. The van der Waals surface area contributed by atoms with Crippen molar-refractivity contribution in [3.05, 3.63) is 24.3 Å². The third-order valence-corrected chi connectivity index (χ3v) is 4.24. The maximum atomic E-state index is 11.8. The highest BCUT2D eigenvalue weighted by atomic mass is 32.2. The number of nitrogens with one attached hydrogen (secondary N) is 1. The van der Waals surface area contributed by atoms with Crippen LogP contribution < -0.4 is 10.1 Å². The van der Waals surface area contributed by atoms with E-state index in [1.165, 1.54) is 12.8 Å². The Morgan fingerprint density at radius 2 is 2.00 bits per heavy atom. The Morgan fingerprint density at radius 3 is 2.63 bits per heavy atom. The van der Waals surface area contributed by atoms with Gasteiger partial charge < -0.3 is 10.1 Å². The number of ether oxygens (including phenoxy) is 1. The first-order valence-corrected chi connectivity index (χ1v) is 7.91. The van der Waals surface area contributed by atoms with Gasteiger partial charge in [0.05, 0.1) is 12.4 Å². The molecule has 3 nitrogen and oxygen atoms in total. The predicted molar refractivity (Wildman–Crippen MR) is 78.7 cm³/mol. The van der Waals surface area contributed by atoms with Gasteiger partial charge in [0.1, 0.15) is 5.75 Å². The molecule has 0 atom stereocenters. The van der Waals surface area contributed by atoms with E-state index >= 15 is 0 Å². The maximum Gasteiger partial charge on any atom is 0.230 e. The van der Waals surface area contributed by atoms with Crippen LogP contribution in [0.15, 0.2) is 29.2 Å². The van der Waals surface area contributed by atoms with Crippen molar-refractivity contribution in [3.63, 3.8) is 0 Å². The monoisotopic (exact) mass is 279 g/mol. The van der Waals surface area contributed by atoms with E-state index < -0.39 is 0 Å². The quantitative estimate of drug-likeness (QED) is 0.812. The first kappa shape index (κ1) is 14.3. The minimum Gasteiger partial charge on any atom is -0.494 e. The van der Waals surface area contributed by atoms with Crippen LogP contribution >= 0.6 is 11.8 Å². The lowest BCUT2D eigenvalue weighted by atomic mass is 10.2. The lowest BCUT2D eigenvalue weighted by Crippen LogP contribution is -2.33. The summed E-state index contributed by atoms with van der Waals surface area (Å²) in [6.07, 6.45) is 4.77. The predicted octanol–water partition coefficient (Wildman–Crippen LogP) is 3.24. The van der Waals surface area contributed by atoms with E-state index in [1.807, 2.05) is 31.2 Å². The zero-order valence-corrected chi connectivity index (χ0v) is 12.2. The fourth-order valence-electron chi connectivity index (χ4n) is 2.29. The molecule has 0 saturated heterocycles. The fraction of sp³-hybridized carbons (Fsp3) is 0.533. The molecule has 0 radical (unpaired) electrons. The average Bonchev–Trinajstić information content (AvgIpc) is 2.91. The minimum atomic E-state index is 0.144. The van der Waals surface area contributed by atoms with Gasteiger partial charge in [-0.1, -0.05) is 12.8 Å². The largest absolute Gasteiger partial charge is 0.494 e. The van der Waals surface area contributed by atoms with Crippen LogP contribution in [0.25, 0.3) is 0 Å². The first-order chi connectivity index (χ1) is 9.28. The maximum absolute atomic E-state index is 11.8. The zero-order valence-electron chi connectivity index (χ0n) is 11.4. The smallest absolute Gasteiger partial charge is 0.230 e. The van der Waals surface area contributed by atoms with Gasteiger partial charge in [-0.05, 0) is 44.0 Å². The number of hydrogen-bond acceptors (Lipinski definition) is 3. The van der Waals surface area contributed by atoms with Gasteiger partial charge in [0.15, 0.2) is 0 Å². The number of carbonyl (C=O) groups is 1. The molecule has 1 saturated carbocycles. The SMILES string of the molecule is CCOc1ccc(SCC(=O)NC2CCCC2)cc1. The second kappa shape index (κ2) is 7.43. The molecule has 1 aromatic rings. The number of benzene rings is 1. The molecule has 19 heavy (non-hydrogen) atoms. The van der Waals surface area contributed by atoms with Crippen molar-refractivity contribution in [3.8, 4) is 5.75 Å². The van der Waals surface area contributed by atoms with Crippen molar-refractivity contribution in [2.75, 3.05) is 12.4 Å². The zero-order chi connectivity index (χ0) is 13.5. The summed E-state index contributed by atoms with van der Waals surface area (Å²) in [4.78, 5) is 12.9. The Kier molecular flexibility index (Phi) is 5.58. The van der Waals surface area contributed by atoms with E-state index in [4.69, 9.17) is 4.74 Å². The first-order valence-electron chi connectivity index (χ1n) is 6.93. The average molecular weight is 279 g/mol. The Balaban J connectivity index is 1.73. The number of thioether (sulfide) groups is 1. The van der Waals surface area contributed by atoms with E-state index in [9.17, 15) is 4.79 Å². The lowest BCUT2D eigenvalue weighted by Gasteiger charge is -2.11. The summed E-state index contributed by atoms with van der Waals surface area (Å²) in [6, 6.07) is 8.30. The Morgan fingerprint density at radius 1 is 1.32 bits per heavy atom. The van der Waals surface area contributed by atoms with E-state index in [-0.39, 0.29) is 5.91 Å². The van der Waals surface area contributed by atoms with E-state index in [1.54, 1.807) is 11.8 Å². The summed E-state index contributed by atoms with van der Waals surface area (Å²) in [5, 5.41) is 3.10. The van der Waals surface area contributed by atoms with Crippen LogP contribution in [0.5, 0.6) is 5.75 Å². The third kappa shape index (κ3) is 4.78. The lowest BCUT2D eigenvalue weighted by molar-refractivity contribution is -0.119. The molecule has 0 unspecified atom stereocenters. The van der Waals surface area contributed by atoms with Crippen LogP contribution in [-0.2, 0) is 4.79 Å². The fourth-order valence-corrected chi connectivity index (χ4v) is 3.00. The van der Waals surface area contributed by atoms with Gasteiger partial charge in [0, 0.05) is 10.9 Å². The summed E-state index contributed by atoms with van der Waals surface area (Å²) in [5.41, 5.74) is 0. The van der Waals surface area contributed by atoms with Crippen LogP contribution in [0.4, 0.5) is 0 Å². The Hall–Kier alpha value is -1.16. The molecule has 2 rings (SSSR count). The van der Waals surface area contributed by atoms with Crippen LogP contribution in [0.3, 0.4) is 0 Å². The molecule has 0 aromatic heterocycles. The van der Waals surface area contributed by atoms with Gasteiger partial charge in [-0.25, -0.2) is 0 Å².